The van der Waals surface area contributed by atoms with Crippen LogP contribution in [0.4, 0.5) is 13.2 Å². The normalized spacial score (nSPS) is 15.4. The smallest absolute Gasteiger partial charge is 0.338 e. The van der Waals surface area contributed by atoms with Gasteiger partial charge in [-0.2, -0.15) is 13.1 Å². The van der Waals surface area contributed by atoms with Gasteiger partial charge >= 0.3 is 12.5 Å². The molecule has 0 bridgehead atoms. The fraction of sp³-hybridized carbons (Fsp3) is 0.300. The van der Waals surface area contributed by atoms with E-state index in [1.807, 2.05) is 0 Å². The summed E-state index contributed by atoms with van der Waals surface area (Å²) in [6.07, 6.45) is 0. The van der Waals surface area contributed by atoms with E-state index in [4.69, 9.17) is 9.47 Å². The van der Waals surface area contributed by atoms with Crippen LogP contribution < -0.4 is 0 Å². The number of halogens is 3. The van der Waals surface area contributed by atoms with E-state index in [2.05, 4.69) is 4.98 Å². The Labute approximate surface area is 181 Å². The van der Waals surface area contributed by atoms with Gasteiger partial charge in [0.15, 0.2) is 5.82 Å². The minimum absolute atomic E-state index is 0.0558. The van der Waals surface area contributed by atoms with Crippen molar-refractivity contribution in [2.75, 3.05) is 26.3 Å². The van der Waals surface area contributed by atoms with E-state index in [9.17, 15) is 26.4 Å². The van der Waals surface area contributed by atoms with Crippen LogP contribution in [-0.4, -0.2) is 54.5 Å². The number of carbonyl (C=O) groups excluding carboxylic acids is 1. The van der Waals surface area contributed by atoms with Crippen LogP contribution in [0.5, 0.6) is 0 Å². The van der Waals surface area contributed by atoms with Crippen LogP contribution in [0, 0.1) is 5.82 Å². The molecule has 0 unspecified atom stereocenters. The van der Waals surface area contributed by atoms with Gasteiger partial charge in [-0.3, -0.25) is 4.57 Å². The minimum Gasteiger partial charge on any atom is -0.454 e. The molecular formula is C20H18F3N3O5S. The number of sulfonamides is 1. The maximum atomic E-state index is 14.3. The maximum Gasteiger partial charge on any atom is 0.338 e. The number of ether oxygens (including phenoxy) is 2. The van der Waals surface area contributed by atoms with Crippen LogP contribution in [-0.2, 0) is 26.1 Å². The van der Waals surface area contributed by atoms with Gasteiger partial charge in [-0.1, -0.05) is 12.1 Å². The first-order valence-corrected chi connectivity index (χ1v) is 11.0. The fourth-order valence-electron chi connectivity index (χ4n) is 3.38. The molecule has 0 atom stereocenters. The number of fused-ring (bicyclic) bond motifs is 1. The zero-order valence-electron chi connectivity index (χ0n) is 16.6. The van der Waals surface area contributed by atoms with Crippen molar-refractivity contribution in [3.63, 3.8) is 0 Å². The van der Waals surface area contributed by atoms with Gasteiger partial charge in [0.05, 0.1) is 29.8 Å². The Hall–Kier alpha value is -2.96. The number of aromatic nitrogens is 2. The molecule has 1 aliphatic rings. The molecular weight excluding hydrogens is 451 g/mol. The number of benzene rings is 2. The Morgan fingerprint density at radius 1 is 1.16 bits per heavy atom. The second kappa shape index (κ2) is 8.88. The van der Waals surface area contributed by atoms with Crippen LogP contribution >= 0.6 is 0 Å². The summed E-state index contributed by atoms with van der Waals surface area (Å²) in [5.41, 5.74) is 0.242. The second-order valence-corrected chi connectivity index (χ2v) is 8.81. The van der Waals surface area contributed by atoms with Crippen molar-refractivity contribution in [3.05, 3.63) is 59.7 Å². The molecule has 2 heterocycles. The van der Waals surface area contributed by atoms with Crippen LogP contribution in [0.15, 0.2) is 47.4 Å². The predicted octanol–water partition coefficient (Wildman–Crippen LogP) is 2.95. The average Bonchev–Trinajstić information content (AvgIpc) is 3.17. The van der Waals surface area contributed by atoms with Crippen LogP contribution in [0.3, 0.4) is 0 Å². The van der Waals surface area contributed by atoms with Gasteiger partial charge < -0.3 is 9.47 Å². The zero-order valence-corrected chi connectivity index (χ0v) is 17.4. The van der Waals surface area contributed by atoms with Crippen LogP contribution in [0.25, 0.3) is 11.0 Å². The van der Waals surface area contributed by atoms with Crippen molar-refractivity contribution in [1.29, 1.82) is 0 Å². The molecule has 0 aliphatic carbocycles. The van der Waals surface area contributed by atoms with E-state index in [0.29, 0.717) is 10.1 Å². The fourth-order valence-corrected chi connectivity index (χ4v) is 4.88. The highest BCUT2D eigenvalue weighted by Crippen LogP contribution is 2.25. The number of nitrogens with zero attached hydrogens (tertiary/aromatic N) is 3. The van der Waals surface area contributed by atoms with E-state index in [0.717, 1.165) is 22.5 Å². The summed E-state index contributed by atoms with van der Waals surface area (Å²) >= 11 is 0. The molecule has 1 aromatic heterocycles. The number of hydrogen-bond acceptors (Lipinski definition) is 6. The molecule has 4 rings (SSSR count). The Kier molecular flexibility index (Phi) is 6.17. The predicted molar refractivity (Wildman–Crippen MR) is 106 cm³/mol. The molecule has 1 aliphatic heterocycles. The first kappa shape index (κ1) is 22.2. The Morgan fingerprint density at radius 2 is 1.88 bits per heavy atom. The van der Waals surface area contributed by atoms with Crippen molar-refractivity contribution >= 4 is 27.0 Å². The number of carbonyl (C=O) groups is 1. The highest BCUT2D eigenvalue weighted by molar-refractivity contribution is 7.89. The van der Waals surface area contributed by atoms with Gasteiger partial charge in [-0.25, -0.2) is 22.6 Å². The molecule has 170 valence electrons. The summed E-state index contributed by atoms with van der Waals surface area (Å²) in [5, 5.41) is 0. The summed E-state index contributed by atoms with van der Waals surface area (Å²) in [6, 6.07) is 9.00. The number of morpholine rings is 1. The largest absolute Gasteiger partial charge is 0.454 e. The molecule has 1 saturated heterocycles. The van der Waals surface area contributed by atoms with Crippen LogP contribution in [0.2, 0.25) is 0 Å². The summed E-state index contributed by atoms with van der Waals surface area (Å²) < 4.78 is 78.7. The number of alkyl halides is 2. The lowest BCUT2D eigenvalue weighted by Crippen LogP contribution is -2.41. The standard InChI is InChI=1S/C20H18F3N3O5S/c21-14-6-5-13(11-17(14)32(28,29)25-7-9-30-10-8-25)19(27)31-12-18-24-15-3-1-2-4-16(15)26(18)20(22)23/h1-6,11,20H,7-10,12H2. The molecule has 2 aromatic carbocycles. The number of para-hydroxylation sites is 2. The topological polar surface area (TPSA) is 90.7 Å². The lowest BCUT2D eigenvalue weighted by molar-refractivity contribution is 0.0387. The molecule has 8 nitrogen and oxygen atoms in total. The van der Waals surface area contributed by atoms with E-state index >= 15 is 0 Å². The monoisotopic (exact) mass is 469 g/mol. The molecule has 0 spiro atoms. The molecule has 0 radical (unpaired) electrons. The van der Waals surface area contributed by atoms with Crippen molar-refractivity contribution in [3.8, 4) is 0 Å². The third-order valence-electron chi connectivity index (χ3n) is 4.95. The molecule has 32 heavy (non-hydrogen) atoms. The Morgan fingerprint density at radius 3 is 2.59 bits per heavy atom. The van der Waals surface area contributed by atoms with Gasteiger partial charge in [0.1, 0.15) is 17.3 Å². The third kappa shape index (κ3) is 4.20. The molecule has 0 N–H and O–H groups in total. The van der Waals surface area contributed by atoms with E-state index in [1.165, 1.54) is 6.07 Å². The van der Waals surface area contributed by atoms with E-state index in [-0.39, 0.29) is 43.2 Å². The minimum atomic E-state index is -4.20. The van der Waals surface area contributed by atoms with Crippen molar-refractivity contribution < 1.29 is 35.9 Å². The summed E-state index contributed by atoms with van der Waals surface area (Å²) in [5.74, 6) is -2.21. The maximum absolute atomic E-state index is 14.3. The van der Waals surface area contributed by atoms with E-state index in [1.54, 1.807) is 18.2 Å². The molecule has 0 saturated carbocycles. The first-order valence-electron chi connectivity index (χ1n) is 9.57. The quantitative estimate of drug-likeness (QED) is 0.516. The van der Waals surface area contributed by atoms with Gasteiger partial charge in [0, 0.05) is 13.1 Å². The number of rotatable bonds is 6. The molecule has 3 aromatic rings. The molecule has 1 fully saturated rings. The van der Waals surface area contributed by atoms with Gasteiger partial charge in [0.25, 0.3) is 0 Å². The van der Waals surface area contributed by atoms with Crippen molar-refractivity contribution in [2.24, 2.45) is 0 Å². The summed E-state index contributed by atoms with van der Waals surface area (Å²) in [6.45, 7) is -3.03. The Bertz CT molecular complexity index is 1260. The van der Waals surface area contributed by atoms with Crippen LogP contribution in [0.1, 0.15) is 22.7 Å². The summed E-state index contributed by atoms with van der Waals surface area (Å²) in [7, 11) is -4.20. The second-order valence-electron chi connectivity index (χ2n) is 6.90. The third-order valence-corrected chi connectivity index (χ3v) is 6.86. The van der Waals surface area contributed by atoms with E-state index < -0.39 is 39.9 Å². The zero-order chi connectivity index (χ0) is 22.9. The number of esters is 1. The number of hydrogen-bond donors (Lipinski definition) is 0. The molecule has 0 amide bonds. The van der Waals surface area contributed by atoms with Crippen molar-refractivity contribution in [2.45, 2.75) is 18.1 Å². The highest BCUT2D eigenvalue weighted by Gasteiger charge is 2.30. The average molecular weight is 469 g/mol. The van der Waals surface area contributed by atoms with Gasteiger partial charge in [-0.05, 0) is 30.3 Å². The SMILES string of the molecule is O=C(OCc1nc2ccccc2n1C(F)F)c1ccc(F)c(S(=O)(=O)N2CCOCC2)c1. The van der Waals surface area contributed by atoms with Crippen molar-refractivity contribution in [1.82, 2.24) is 13.9 Å². The lowest BCUT2D eigenvalue weighted by atomic mass is 10.2. The number of imidazole rings is 1. The summed E-state index contributed by atoms with van der Waals surface area (Å²) in [4.78, 5) is 15.9. The first-order chi connectivity index (χ1) is 15.3. The lowest BCUT2D eigenvalue weighted by Gasteiger charge is -2.26. The molecule has 12 heteroatoms. The van der Waals surface area contributed by atoms with Gasteiger partial charge in [0.2, 0.25) is 10.0 Å². The Balaban J connectivity index is 1.57. The van der Waals surface area contributed by atoms with Gasteiger partial charge in [-0.15, -0.1) is 0 Å². The highest BCUT2D eigenvalue weighted by atomic mass is 32.2.